The summed E-state index contributed by atoms with van der Waals surface area (Å²) in [5.74, 6) is -1.96. The van der Waals surface area contributed by atoms with Gasteiger partial charge in [0.25, 0.3) is 5.91 Å². The van der Waals surface area contributed by atoms with Crippen LogP contribution in [0, 0.1) is 0 Å². The molecule has 1 aliphatic rings. The van der Waals surface area contributed by atoms with Gasteiger partial charge in [0.05, 0.1) is 31.3 Å². The highest BCUT2D eigenvalue weighted by atomic mass is 32.2. The van der Waals surface area contributed by atoms with Crippen LogP contribution in [0.5, 0.6) is 0 Å². The Morgan fingerprint density at radius 2 is 2.07 bits per heavy atom. The Morgan fingerprint density at radius 1 is 1.37 bits per heavy atom. The minimum absolute atomic E-state index is 0.0353. The average molecular weight is 398 g/mol. The summed E-state index contributed by atoms with van der Waals surface area (Å²) in [6.07, 6.45) is 1.46. The zero-order valence-corrected chi connectivity index (χ0v) is 15.5. The number of hydrogen-bond acceptors (Lipinski definition) is 6. The summed E-state index contributed by atoms with van der Waals surface area (Å²) in [5.41, 5.74) is 0.0410. The zero-order chi connectivity index (χ0) is 19.9. The number of rotatable bonds is 9. The number of carboxylic acids is 1. The van der Waals surface area contributed by atoms with Gasteiger partial charge in [0.15, 0.2) is 6.04 Å². The molecule has 1 unspecified atom stereocenters. The molecule has 2 N–H and O–H groups in total. The van der Waals surface area contributed by atoms with E-state index >= 15 is 0 Å². The quantitative estimate of drug-likeness (QED) is 0.447. The number of hydrogen-bond donors (Lipinski definition) is 2. The second-order valence-corrected chi connectivity index (χ2v) is 7.67. The van der Waals surface area contributed by atoms with Crippen molar-refractivity contribution in [1.29, 1.82) is 0 Å². The highest BCUT2D eigenvalue weighted by Crippen LogP contribution is 2.18. The fourth-order valence-electron chi connectivity index (χ4n) is 2.42. The molecule has 1 atom stereocenters. The molecule has 1 aliphatic heterocycles. The van der Waals surface area contributed by atoms with Crippen molar-refractivity contribution in [3.63, 3.8) is 0 Å². The molecule has 1 aromatic rings. The molecule has 0 aromatic heterocycles. The molecule has 1 fully saturated rings. The maximum Gasteiger partial charge on any atom is 0.328 e. The molecular formula is C17H22N2O7S. The van der Waals surface area contributed by atoms with E-state index in [-0.39, 0.29) is 36.8 Å². The first kappa shape index (κ1) is 21.0. The van der Waals surface area contributed by atoms with Crippen molar-refractivity contribution in [2.24, 2.45) is 0 Å². The van der Waals surface area contributed by atoms with Gasteiger partial charge in [-0.1, -0.05) is 12.1 Å². The number of morpholine rings is 1. The first-order chi connectivity index (χ1) is 12.9. The van der Waals surface area contributed by atoms with Gasteiger partial charge in [-0.2, -0.15) is 4.31 Å². The van der Waals surface area contributed by atoms with Gasteiger partial charge in [0, 0.05) is 18.7 Å². The minimum atomic E-state index is -3.76. The lowest BCUT2D eigenvalue weighted by atomic mass is 10.2. The molecule has 0 spiro atoms. The summed E-state index contributed by atoms with van der Waals surface area (Å²) in [4.78, 5) is 23.6. The van der Waals surface area contributed by atoms with E-state index in [1.165, 1.54) is 34.6 Å². The van der Waals surface area contributed by atoms with E-state index in [4.69, 9.17) is 9.47 Å². The third-order valence-electron chi connectivity index (χ3n) is 3.83. The normalized spacial score (nSPS) is 16.4. The number of benzene rings is 1. The predicted molar refractivity (Wildman–Crippen MR) is 95.9 cm³/mol. The molecule has 2 rings (SSSR count). The van der Waals surface area contributed by atoms with Crippen LogP contribution in [0.2, 0.25) is 0 Å². The van der Waals surface area contributed by atoms with Gasteiger partial charge in [-0.05, 0) is 18.2 Å². The Hall–Kier alpha value is -2.27. The predicted octanol–water partition coefficient (Wildman–Crippen LogP) is 0.0931. The number of nitrogens with one attached hydrogen (secondary N) is 1. The van der Waals surface area contributed by atoms with Crippen LogP contribution in [0.3, 0.4) is 0 Å². The molecule has 1 heterocycles. The van der Waals surface area contributed by atoms with Crippen molar-refractivity contribution < 1.29 is 32.6 Å². The summed E-state index contributed by atoms with van der Waals surface area (Å²) < 4.78 is 36.9. The van der Waals surface area contributed by atoms with Crippen molar-refractivity contribution in [1.82, 2.24) is 9.62 Å². The van der Waals surface area contributed by atoms with Gasteiger partial charge in [0.1, 0.15) is 0 Å². The molecule has 0 saturated carbocycles. The number of carbonyl (C=O) groups is 2. The van der Waals surface area contributed by atoms with Crippen LogP contribution in [0.15, 0.2) is 41.8 Å². The summed E-state index contributed by atoms with van der Waals surface area (Å²) in [6.45, 7) is 4.46. The van der Waals surface area contributed by atoms with Crippen molar-refractivity contribution in [3.8, 4) is 0 Å². The monoisotopic (exact) mass is 398 g/mol. The summed E-state index contributed by atoms with van der Waals surface area (Å²) in [6, 6.07) is 4.20. The van der Waals surface area contributed by atoms with E-state index in [2.05, 4.69) is 11.9 Å². The van der Waals surface area contributed by atoms with Crippen LogP contribution in [-0.4, -0.2) is 75.3 Å². The lowest BCUT2D eigenvalue weighted by Crippen LogP contribution is -2.44. The van der Waals surface area contributed by atoms with E-state index in [1.807, 2.05) is 0 Å². The van der Waals surface area contributed by atoms with Gasteiger partial charge in [-0.3, -0.25) is 4.79 Å². The molecular weight excluding hydrogens is 376 g/mol. The zero-order valence-electron chi connectivity index (χ0n) is 14.7. The van der Waals surface area contributed by atoms with Crippen LogP contribution in [0.25, 0.3) is 0 Å². The maximum atomic E-state index is 12.7. The number of amides is 1. The van der Waals surface area contributed by atoms with E-state index in [0.717, 1.165) is 0 Å². The molecule has 0 aliphatic carbocycles. The highest BCUT2D eigenvalue weighted by Gasteiger charge is 2.27. The van der Waals surface area contributed by atoms with Gasteiger partial charge in [-0.15, -0.1) is 6.58 Å². The largest absolute Gasteiger partial charge is 0.480 e. The first-order valence-corrected chi connectivity index (χ1v) is 9.70. The lowest BCUT2D eigenvalue weighted by Gasteiger charge is -2.26. The summed E-state index contributed by atoms with van der Waals surface area (Å²) in [5, 5.41) is 11.5. The van der Waals surface area contributed by atoms with Crippen LogP contribution in [0.1, 0.15) is 10.4 Å². The van der Waals surface area contributed by atoms with E-state index in [9.17, 15) is 23.1 Å². The number of sulfonamides is 1. The Morgan fingerprint density at radius 3 is 2.70 bits per heavy atom. The molecule has 9 nitrogen and oxygen atoms in total. The number of ether oxygens (including phenoxy) is 2. The van der Waals surface area contributed by atoms with Crippen molar-refractivity contribution in [2.75, 3.05) is 39.5 Å². The average Bonchev–Trinajstić information content (AvgIpc) is 2.68. The second-order valence-electron chi connectivity index (χ2n) is 5.73. The fourth-order valence-corrected chi connectivity index (χ4v) is 3.87. The first-order valence-electron chi connectivity index (χ1n) is 8.26. The Kier molecular flexibility index (Phi) is 7.48. The number of nitrogens with zero attached hydrogens (tertiary/aromatic N) is 1. The topological polar surface area (TPSA) is 122 Å². The van der Waals surface area contributed by atoms with Crippen molar-refractivity contribution in [3.05, 3.63) is 42.5 Å². The molecule has 27 heavy (non-hydrogen) atoms. The molecule has 1 amide bonds. The SMILES string of the molecule is C=CCOCC(NC(=O)c1cccc(S(=O)(=O)N2CCOCC2)c1)C(=O)O. The van der Waals surface area contributed by atoms with Crippen LogP contribution in [0.4, 0.5) is 0 Å². The summed E-state index contributed by atoms with van der Waals surface area (Å²) in [7, 11) is -3.76. The summed E-state index contributed by atoms with van der Waals surface area (Å²) >= 11 is 0. The fraction of sp³-hybridized carbons (Fsp3) is 0.412. The number of aliphatic carboxylic acids is 1. The van der Waals surface area contributed by atoms with Gasteiger partial charge in [-0.25, -0.2) is 13.2 Å². The molecule has 0 radical (unpaired) electrons. The van der Waals surface area contributed by atoms with Crippen molar-refractivity contribution in [2.45, 2.75) is 10.9 Å². The van der Waals surface area contributed by atoms with Crippen LogP contribution < -0.4 is 5.32 Å². The van der Waals surface area contributed by atoms with Gasteiger partial charge >= 0.3 is 5.97 Å². The molecule has 148 valence electrons. The van der Waals surface area contributed by atoms with Gasteiger partial charge in [0.2, 0.25) is 10.0 Å². The van der Waals surface area contributed by atoms with E-state index < -0.39 is 27.9 Å². The Balaban J connectivity index is 2.14. The lowest BCUT2D eigenvalue weighted by molar-refractivity contribution is -0.140. The second kappa shape index (κ2) is 9.60. The molecule has 1 aromatic carbocycles. The third kappa shape index (κ3) is 5.60. The van der Waals surface area contributed by atoms with Crippen molar-refractivity contribution >= 4 is 21.9 Å². The molecule has 10 heteroatoms. The van der Waals surface area contributed by atoms with Crippen LogP contribution in [-0.2, 0) is 24.3 Å². The minimum Gasteiger partial charge on any atom is -0.480 e. The molecule has 0 bridgehead atoms. The van der Waals surface area contributed by atoms with E-state index in [1.54, 1.807) is 0 Å². The third-order valence-corrected chi connectivity index (χ3v) is 5.72. The smallest absolute Gasteiger partial charge is 0.328 e. The highest BCUT2D eigenvalue weighted by molar-refractivity contribution is 7.89. The number of carbonyl (C=O) groups excluding carboxylic acids is 1. The standard InChI is InChI=1S/C17H22N2O7S/c1-2-8-26-12-15(17(21)22)18-16(20)13-4-3-5-14(11-13)27(23,24)19-6-9-25-10-7-19/h2-5,11,15H,1,6-10,12H2,(H,18,20)(H,21,22). The number of carboxylic acid groups (broad SMARTS) is 1. The maximum absolute atomic E-state index is 12.7. The Labute approximate surface area is 157 Å². The Bertz CT molecular complexity index is 788. The van der Waals surface area contributed by atoms with Gasteiger partial charge < -0.3 is 19.9 Å². The van der Waals surface area contributed by atoms with Crippen LogP contribution >= 0.6 is 0 Å². The molecule has 1 saturated heterocycles. The van der Waals surface area contributed by atoms with E-state index in [0.29, 0.717) is 13.2 Å².